The van der Waals surface area contributed by atoms with Crippen molar-refractivity contribution in [2.45, 2.75) is 103 Å². The van der Waals surface area contributed by atoms with E-state index in [2.05, 4.69) is 11.9 Å². The van der Waals surface area contributed by atoms with Crippen molar-refractivity contribution in [2.24, 2.45) is 17.3 Å². The molecule has 0 radical (unpaired) electrons. The van der Waals surface area contributed by atoms with Gasteiger partial charge in [0.05, 0.1) is 52.6 Å². The quantitative estimate of drug-likeness (QED) is 0.389. The van der Waals surface area contributed by atoms with Gasteiger partial charge in [0, 0.05) is 12.3 Å². The lowest BCUT2D eigenvalue weighted by atomic mass is 9.73. The number of epoxide rings is 1. The Morgan fingerprint density at radius 3 is 2.59 bits per heavy atom. The van der Waals surface area contributed by atoms with E-state index in [1.807, 2.05) is 25.1 Å². The smallest absolute Gasteiger partial charge is 0.309 e. The van der Waals surface area contributed by atoms with E-state index in [1.165, 1.54) is 11.3 Å². The van der Waals surface area contributed by atoms with Gasteiger partial charge in [-0.15, -0.1) is 11.3 Å². The summed E-state index contributed by atoms with van der Waals surface area (Å²) in [6.07, 6.45) is -0.312. The predicted octanol–water partition coefficient (Wildman–Crippen LogP) is 4.08. The van der Waals surface area contributed by atoms with Crippen LogP contribution in [0.3, 0.4) is 0 Å². The fourth-order valence-corrected chi connectivity index (χ4v) is 6.29. The average Bonchev–Trinajstić information content (AvgIpc) is 3.29. The monoisotopic (exact) mass is 533 g/mol. The summed E-state index contributed by atoms with van der Waals surface area (Å²) < 4.78 is 12.9. The van der Waals surface area contributed by atoms with Crippen molar-refractivity contribution >= 4 is 33.3 Å². The zero-order valence-corrected chi connectivity index (χ0v) is 23.1. The Labute approximate surface area is 222 Å². The lowest BCUT2D eigenvalue weighted by molar-refractivity contribution is -0.156. The van der Waals surface area contributed by atoms with Gasteiger partial charge in [0.2, 0.25) is 0 Å². The van der Waals surface area contributed by atoms with Crippen molar-refractivity contribution in [3.05, 3.63) is 28.8 Å². The van der Waals surface area contributed by atoms with Crippen LogP contribution in [0.25, 0.3) is 10.2 Å². The number of aliphatic hydroxyl groups is 3. The fraction of sp³-hybridized carbons (Fsp3) is 0.679. The number of aliphatic hydroxyl groups excluding tert-OH is 3. The molecule has 2 aromatic rings. The highest BCUT2D eigenvalue weighted by Crippen LogP contribution is 2.47. The molecule has 2 aliphatic rings. The molecule has 3 N–H and O–H groups in total. The number of fused-ring (bicyclic) bond motifs is 2. The van der Waals surface area contributed by atoms with E-state index in [0.717, 1.165) is 35.0 Å². The summed E-state index contributed by atoms with van der Waals surface area (Å²) >= 11 is 1.41. The van der Waals surface area contributed by atoms with Crippen LogP contribution < -0.4 is 0 Å². The Kier molecular flexibility index (Phi) is 8.12. The second-order valence-electron chi connectivity index (χ2n) is 11.6. The zero-order chi connectivity index (χ0) is 27.1. The molecule has 3 heterocycles. The van der Waals surface area contributed by atoms with E-state index in [0.29, 0.717) is 11.4 Å². The first kappa shape index (κ1) is 28.1. The number of aromatic nitrogens is 1. The van der Waals surface area contributed by atoms with Crippen LogP contribution in [0.1, 0.15) is 83.4 Å². The number of hydrogen-bond acceptors (Lipinski definition) is 9. The van der Waals surface area contributed by atoms with Gasteiger partial charge in [0.25, 0.3) is 0 Å². The molecule has 2 aliphatic heterocycles. The van der Waals surface area contributed by atoms with Crippen LogP contribution in [0.5, 0.6) is 0 Å². The number of hydrogen-bond donors (Lipinski definition) is 3. The highest BCUT2D eigenvalue weighted by atomic mass is 32.1. The van der Waals surface area contributed by atoms with Crippen LogP contribution in [0, 0.1) is 17.3 Å². The number of esters is 1. The first-order valence-electron chi connectivity index (χ1n) is 13.1. The van der Waals surface area contributed by atoms with Crippen LogP contribution in [0.4, 0.5) is 0 Å². The van der Waals surface area contributed by atoms with E-state index < -0.39 is 35.6 Å². The van der Waals surface area contributed by atoms with Crippen LogP contribution in [-0.2, 0) is 25.7 Å². The maximum Gasteiger partial charge on any atom is 0.309 e. The lowest BCUT2D eigenvalue weighted by Gasteiger charge is -2.34. The molecule has 0 spiro atoms. The third-order valence-electron chi connectivity index (χ3n) is 8.37. The van der Waals surface area contributed by atoms with Gasteiger partial charge < -0.3 is 24.8 Å². The second kappa shape index (κ2) is 10.7. The highest BCUT2D eigenvalue weighted by molar-refractivity contribution is 7.18. The number of rotatable bonds is 2. The van der Waals surface area contributed by atoms with E-state index >= 15 is 0 Å². The SMILES string of the molecule is CC1C(=O)C(C)(C)[C@@H](O)CC(=O)O[C@H](c2ccc3sc(CO)nc3c2)C[C@@H]2O[C@]2(C)CCC[C@H](C)C1O. The maximum atomic E-state index is 13.3. The van der Waals surface area contributed by atoms with E-state index in [-0.39, 0.29) is 36.4 Å². The minimum atomic E-state index is -1.26. The van der Waals surface area contributed by atoms with Crippen molar-refractivity contribution in [2.75, 3.05) is 0 Å². The molecule has 2 fully saturated rings. The lowest BCUT2D eigenvalue weighted by Crippen LogP contribution is -2.45. The number of cyclic esters (lactones) is 1. The normalized spacial score (nSPS) is 35.7. The van der Waals surface area contributed by atoms with Crippen molar-refractivity contribution < 1.29 is 34.4 Å². The Morgan fingerprint density at radius 2 is 1.89 bits per heavy atom. The summed E-state index contributed by atoms with van der Waals surface area (Å²) in [6.45, 7) is 8.77. The number of ether oxygens (including phenoxy) is 2. The summed E-state index contributed by atoms with van der Waals surface area (Å²) in [5.41, 5.74) is -0.0823. The molecule has 9 heteroatoms. The zero-order valence-electron chi connectivity index (χ0n) is 22.3. The van der Waals surface area contributed by atoms with Crippen molar-refractivity contribution in [3.8, 4) is 0 Å². The average molecular weight is 534 g/mol. The standard InChI is InChI=1S/C28H39NO7S/c1-15-7-6-10-28(5)22(36-28)12-19(17-8-9-20-18(11-17)29-23(14-30)37-20)35-24(32)13-21(31)27(3,4)26(34)16(2)25(15)33/h8-9,11,15-16,19,21-22,25,30-31,33H,6-7,10,12-14H2,1-5H3/t15-,16?,19-,21-,22-,25?,28+/m0/s1. The van der Waals surface area contributed by atoms with Crippen molar-refractivity contribution in [3.63, 3.8) is 0 Å². The molecule has 4 rings (SSSR count). The Bertz CT molecular complexity index is 1150. The van der Waals surface area contributed by atoms with E-state index in [4.69, 9.17) is 9.47 Å². The van der Waals surface area contributed by atoms with E-state index in [1.54, 1.807) is 20.8 Å². The Balaban J connectivity index is 1.62. The molecule has 0 bridgehead atoms. The molecule has 2 saturated heterocycles. The molecule has 0 aliphatic carbocycles. The van der Waals surface area contributed by atoms with Crippen LogP contribution in [-0.4, -0.2) is 56.0 Å². The summed E-state index contributed by atoms with van der Waals surface area (Å²) in [5.74, 6) is -1.65. The van der Waals surface area contributed by atoms with Crippen LogP contribution in [0.2, 0.25) is 0 Å². The number of carbonyl (C=O) groups excluding carboxylic acids is 2. The third-order valence-corrected chi connectivity index (χ3v) is 9.39. The van der Waals surface area contributed by atoms with Crippen molar-refractivity contribution in [1.29, 1.82) is 0 Å². The molecule has 8 nitrogen and oxygen atoms in total. The Morgan fingerprint density at radius 1 is 1.16 bits per heavy atom. The van der Waals surface area contributed by atoms with Gasteiger partial charge >= 0.3 is 5.97 Å². The van der Waals surface area contributed by atoms with Gasteiger partial charge in [-0.05, 0) is 43.4 Å². The largest absolute Gasteiger partial charge is 0.457 e. The first-order valence-corrected chi connectivity index (χ1v) is 14.0. The number of nitrogens with zero attached hydrogens (tertiary/aromatic N) is 1. The van der Waals surface area contributed by atoms with Gasteiger partial charge in [-0.25, -0.2) is 4.98 Å². The van der Waals surface area contributed by atoms with Gasteiger partial charge in [0.1, 0.15) is 16.9 Å². The molecule has 1 aromatic carbocycles. The topological polar surface area (TPSA) is 129 Å². The number of ketones is 1. The number of thiazole rings is 1. The molecule has 2 unspecified atom stereocenters. The fourth-order valence-electron chi connectivity index (χ4n) is 5.48. The molecule has 0 amide bonds. The van der Waals surface area contributed by atoms with E-state index in [9.17, 15) is 24.9 Å². The number of carbonyl (C=O) groups is 2. The molecular weight excluding hydrogens is 494 g/mol. The molecule has 7 atom stereocenters. The molecule has 0 saturated carbocycles. The van der Waals surface area contributed by atoms with Gasteiger partial charge in [-0.3, -0.25) is 9.59 Å². The summed E-state index contributed by atoms with van der Waals surface area (Å²) in [7, 11) is 0. The minimum Gasteiger partial charge on any atom is -0.457 e. The van der Waals surface area contributed by atoms with Crippen LogP contribution in [0.15, 0.2) is 18.2 Å². The van der Waals surface area contributed by atoms with Gasteiger partial charge in [0.15, 0.2) is 0 Å². The highest BCUT2D eigenvalue weighted by Gasteiger charge is 2.53. The maximum absolute atomic E-state index is 13.3. The minimum absolute atomic E-state index is 0.0908. The van der Waals surface area contributed by atoms with Gasteiger partial charge in [-0.1, -0.05) is 40.2 Å². The molecular formula is C28H39NO7S. The first-order chi connectivity index (χ1) is 17.4. The molecule has 37 heavy (non-hydrogen) atoms. The van der Waals surface area contributed by atoms with Crippen LogP contribution >= 0.6 is 11.3 Å². The number of benzene rings is 1. The second-order valence-corrected chi connectivity index (χ2v) is 12.7. The summed E-state index contributed by atoms with van der Waals surface area (Å²) in [4.78, 5) is 30.8. The van der Waals surface area contributed by atoms with Crippen molar-refractivity contribution in [1.82, 2.24) is 4.98 Å². The van der Waals surface area contributed by atoms with Gasteiger partial charge in [-0.2, -0.15) is 0 Å². The number of Topliss-reactive ketones (excluding diaryl/α,β-unsaturated/α-hetero) is 1. The predicted molar refractivity (Wildman–Crippen MR) is 140 cm³/mol. The molecule has 204 valence electrons. The summed E-state index contributed by atoms with van der Waals surface area (Å²) in [6, 6.07) is 5.67. The third kappa shape index (κ3) is 5.91. The molecule has 1 aromatic heterocycles. The summed E-state index contributed by atoms with van der Waals surface area (Å²) in [5, 5.41) is 31.8. The Hall–Kier alpha value is -1.91.